The van der Waals surface area contributed by atoms with Gasteiger partial charge in [-0.15, -0.1) is 0 Å². The van der Waals surface area contributed by atoms with Gasteiger partial charge in [-0.2, -0.15) is 0 Å². The molecule has 24 heavy (non-hydrogen) atoms. The highest BCUT2D eigenvalue weighted by atomic mass is 35.5. The fourth-order valence-corrected chi connectivity index (χ4v) is 2.34. The molecule has 0 spiro atoms. The zero-order valence-corrected chi connectivity index (χ0v) is 14.1. The molecule has 1 heterocycles. The van der Waals surface area contributed by atoms with Crippen molar-refractivity contribution in [3.8, 4) is 0 Å². The highest BCUT2D eigenvalue weighted by Crippen LogP contribution is 2.14. The van der Waals surface area contributed by atoms with Crippen molar-refractivity contribution in [2.45, 2.75) is 6.54 Å². The molecule has 0 aliphatic carbocycles. The van der Waals surface area contributed by atoms with Crippen molar-refractivity contribution in [1.29, 1.82) is 0 Å². The zero-order valence-electron chi connectivity index (χ0n) is 12.5. The number of nitrogens with zero attached hydrogens (tertiary/aromatic N) is 2. The smallest absolute Gasteiger partial charge is 0.222 e. The van der Waals surface area contributed by atoms with Gasteiger partial charge in [-0.3, -0.25) is 4.79 Å². The molecule has 0 bridgehead atoms. The quantitative estimate of drug-likeness (QED) is 0.676. The van der Waals surface area contributed by atoms with Crippen LogP contribution in [0, 0.1) is 0 Å². The molecular formula is C18H13Cl2N3O. The van der Waals surface area contributed by atoms with Gasteiger partial charge in [0.15, 0.2) is 5.78 Å². The van der Waals surface area contributed by atoms with Crippen molar-refractivity contribution in [3.05, 3.63) is 87.7 Å². The predicted octanol–water partition coefficient (Wildman–Crippen LogP) is 4.63. The van der Waals surface area contributed by atoms with Gasteiger partial charge in [-0.25, -0.2) is 9.97 Å². The lowest BCUT2D eigenvalue weighted by atomic mass is 10.1. The van der Waals surface area contributed by atoms with Crippen LogP contribution in [0.25, 0.3) is 0 Å². The number of carbonyl (C=O) groups excluding carboxylic acids is 1. The van der Waals surface area contributed by atoms with E-state index in [1.54, 1.807) is 24.3 Å². The molecule has 3 rings (SSSR count). The van der Waals surface area contributed by atoms with Crippen molar-refractivity contribution in [1.82, 2.24) is 9.97 Å². The van der Waals surface area contributed by atoms with Gasteiger partial charge >= 0.3 is 0 Å². The van der Waals surface area contributed by atoms with E-state index in [1.807, 2.05) is 24.3 Å². The van der Waals surface area contributed by atoms with E-state index in [2.05, 4.69) is 15.3 Å². The maximum atomic E-state index is 12.3. The number of halogens is 2. The highest BCUT2D eigenvalue weighted by Gasteiger charge is 2.10. The van der Waals surface area contributed by atoms with Crippen LogP contribution in [-0.2, 0) is 6.54 Å². The average molecular weight is 358 g/mol. The number of aromatic nitrogens is 2. The van der Waals surface area contributed by atoms with E-state index in [0.29, 0.717) is 33.7 Å². The van der Waals surface area contributed by atoms with E-state index in [1.165, 1.54) is 12.4 Å². The first-order valence-corrected chi connectivity index (χ1v) is 7.98. The second-order valence-corrected chi connectivity index (χ2v) is 5.98. The van der Waals surface area contributed by atoms with Gasteiger partial charge in [-0.1, -0.05) is 35.3 Å². The minimum atomic E-state index is -0.143. The van der Waals surface area contributed by atoms with E-state index >= 15 is 0 Å². The Morgan fingerprint density at radius 1 is 0.833 bits per heavy atom. The minimum absolute atomic E-state index is 0.143. The Labute approximate surface area is 149 Å². The standard InChI is InChI=1S/C18H13Cl2N3O/c19-15-5-1-12(2-6-15)9-21-18-22-10-14(11-23-18)17(24)13-3-7-16(20)8-4-13/h1-8,10-11H,9H2,(H,21,22,23). The van der Waals surface area contributed by atoms with Gasteiger partial charge in [-0.05, 0) is 42.0 Å². The number of carbonyl (C=O) groups is 1. The number of nitrogens with one attached hydrogen (secondary N) is 1. The number of hydrogen-bond acceptors (Lipinski definition) is 4. The molecule has 0 amide bonds. The van der Waals surface area contributed by atoms with Crippen LogP contribution < -0.4 is 5.32 Å². The monoisotopic (exact) mass is 357 g/mol. The Bertz CT molecular complexity index is 832. The summed E-state index contributed by atoms with van der Waals surface area (Å²) in [5.74, 6) is 0.313. The lowest BCUT2D eigenvalue weighted by Crippen LogP contribution is -2.07. The normalized spacial score (nSPS) is 10.4. The van der Waals surface area contributed by atoms with Crippen LogP contribution in [0.1, 0.15) is 21.5 Å². The molecule has 1 N–H and O–H groups in total. The van der Waals surface area contributed by atoms with Crippen molar-refractivity contribution in [2.24, 2.45) is 0 Å². The molecule has 0 radical (unpaired) electrons. The Morgan fingerprint density at radius 3 is 1.96 bits per heavy atom. The summed E-state index contributed by atoms with van der Waals surface area (Å²) in [6.07, 6.45) is 3.02. The van der Waals surface area contributed by atoms with Crippen molar-refractivity contribution in [2.75, 3.05) is 5.32 Å². The van der Waals surface area contributed by atoms with Gasteiger partial charge in [0, 0.05) is 34.5 Å². The molecule has 1 aromatic heterocycles. The second kappa shape index (κ2) is 7.43. The maximum Gasteiger partial charge on any atom is 0.222 e. The van der Waals surface area contributed by atoms with E-state index in [-0.39, 0.29) is 5.78 Å². The molecule has 4 nitrogen and oxygen atoms in total. The summed E-state index contributed by atoms with van der Waals surface area (Å²) in [5, 5.41) is 4.38. The maximum absolute atomic E-state index is 12.3. The van der Waals surface area contributed by atoms with Crippen molar-refractivity contribution >= 4 is 34.9 Å². The Hall–Kier alpha value is -2.43. The molecule has 6 heteroatoms. The Kier molecular flexibility index (Phi) is 5.08. The molecule has 120 valence electrons. The number of anilines is 1. The van der Waals surface area contributed by atoms with Crippen LogP contribution in [0.4, 0.5) is 5.95 Å². The zero-order chi connectivity index (χ0) is 16.9. The van der Waals surface area contributed by atoms with Gasteiger partial charge in [0.05, 0.1) is 5.56 Å². The third-order valence-corrected chi connectivity index (χ3v) is 3.89. The van der Waals surface area contributed by atoms with Crippen molar-refractivity contribution in [3.63, 3.8) is 0 Å². The molecule has 0 aliphatic rings. The summed E-state index contributed by atoms with van der Waals surface area (Å²) < 4.78 is 0. The van der Waals surface area contributed by atoms with Crippen LogP contribution in [0.2, 0.25) is 10.0 Å². The summed E-state index contributed by atoms with van der Waals surface area (Å²) in [4.78, 5) is 20.7. The fourth-order valence-electron chi connectivity index (χ4n) is 2.09. The molecular weight excluding hydrogens is 345 g/mol. The molecule has 0 saturated carbocycles. The van der Waals surface area contributed by atoms with Crippen LogP contribution in [0.15, 0.2) is 60.9 Å². The summed E-state index contributed by atoms with van der Waals surface area (Å²) >= 11 is 11.7. The molecule has 0 atom stereocenters. The SMILES string of the molecule is O=C(c1ccc(Cl)cc1)c1cnc(NCc2ccc(Cl)cc2)nc1. The molecule has 2 aromatic carbocycles. The lowest BCUT2D eigenvalue weighted by molar-refractivity contribution is 0.103. The highest BCUT2D eigenvalue weighted by molar-refractivity contribution is 6.31. The average Bonchev–Trinajstić information content (AvgIpc) is 2.62. The van der Waals surface area contributed by atoms with E-state index in [9.17, 15) is 4.79 Å². The second-order valence-electron chi connectivity index (χ2n) is 5.11. The Balaban J connectivity index is 1.65. The van der Waals surface area contributed by atoms with E-state index in [4.69, 9.17) is 23.2 Å². The summed E-state index contributed by atoms with van der Waals surface area (Å²) in [5.41, 5.74) is 2.03. The summed E-state index contributed by atoms with van der Waals surface area (Å²) in [6.45, 7) is 0.571. The molecule has 0 fully saturated rings. The third kappa shape index (κ3) is 4.10. The van der Waals surface area contributed by atoms with Gasteiger partial charge < -0.3 is 5.32 Å². The summed E-state index contributed by atoms with van der Waals surface area (Å²) in [6, 6.07) is 14.2. The van der Waals surface area contributed by atoms with Gasteiger partial charge in [0.25, 0.3) is 0 Å². The molecule has 0 aliphatic heterocycles. The first-order valence-electron chi connectivity index (χ1n) is 7.22. The van der Waals surface area contributed by atoms with Gasteiger partial charge in [0.1, 0.15) is 0 Å². The van der Waals surface area contributed by atoms with Gasteiger partial charge in [0.2, 0.25) is 5.95 Å². The van der Waals surface area contributed by atoms with Crippen LogP contribution >= 0.6 is 23.2 Å². The van der Waals surface area contributed by atoms with Crippen LogP contribution in [0.5, 0.6) is 0 Å². The first-order chi connectivity index (χ1) is 11.6. The van der Waals surface area contributed by atoms with Crippen LogP contribution in [0.3, 0.4) is 0 Å². The minimum Gasteiger partial charge on any atom is -0.350 e. The van der Waals surface area contributed by atoms with E-state index in [0.717, 1.165) is 5.56 Å². The number of benzene rings is 2. The van der Waals surface area contributed by atoms with Crippen molar-refractivity contribution < 1.29 is 4.79 Å². The first kappa shape index (κ1) is 16.4. The molecule has 0 saturated heterocycles. The topological polar surface area (TPSA) is 54.9 Å². The Morgan fingerprint density at radius 2 is 1.38 bits per heavy atom. The lowest BCUT2D eigenvalue weighted by Gasteiger charge is -2.06. The third-order valence-electron chi connectivity index (χ3n) is 3.38. The molecule has 0 unspecified atom stereocenters. The number of ketones is 1. The van der Waals surface area contributed by atoms with E-state index < -0.39 is 0 Å². The number of hydrogen-bond donors (Lipinski definition) is 1. The van der Waals surface area contributed by atoms with Crippen LogP contribution in [-0.4, -0.2) is 15.8 Å². The fraction of sp³-hybridized carbons (Fsp3) is 0.0556. The predicted molar refractivity (Wildman–Crippen MR) is 95.7 cm³/mol. The molecule has 3 aromatic rings. The number of rotatable bonds is 5. The largest absolute Gasteiger partial charge is 0.350 e. The summed E-state index contributed by atoms with van der Waals surface area (Å²) in [7, 11) is 0.